The van der Waals surface area contributed by atoms with Crippen molar-refractivity contribution in [3.63, 3.8) is 0 Å². The van der Waals surface area contributed by atoms with Crippen LogP contribution in [0.1, 0.15) is 56.9 Å². The first-order valence-electron chi connectivity index (χ1n) is 7.20. The van der Waals surface area contributed by atoms with Gasteiger partial charge in [-0.05, 0) is 30.5 Å². The fourth-order valence-electron chi connectivity index (χ4n) is 2.68. The molecule has 2 atom stereocenters. The van der Waals surface area contributed by atoms with Crippen molar-refractivity contribution in [2.24, 2.45) is 0 Å². The van der Waals surface area contributed by atoms with Gasteiger partial charge < -0.3 is 9.84 Å². The average Bonchev–Trinajstić information content (AvgIpc) is 2.84. The zero-order chi connectivity index (χ0) is 12.8. The van der Waals surface area contributed by atoms with Crippen LogP contribution in [0.3, 0.4) is 0 Å². The van der Waals surface area contributed by atoms with Crippen molar-refractivity contribution in [2.45, 2.75) is 57.5 Å². The molecule has 0 aliphatic carbocycles. The molecular weight excluding hydrogens is 224 g/mol. The Labute approximate surface area is 110 Å². The summed E-state index contributed by atoms with van der Waals surface area (Å²) >= 11 is 0. The number of hydrogen-bond donors (Lipinski definition) is 1. The first-order valence-corrected chi connectivity index (χ1v) is 7.20. The number of ether oxygens (including phenoxy) is 1. The number of hydrogen-bond acceptors (Lipinski definition) is 2. The largest absolute Gasteiger partial charge is 0.508 e. The molecule has 1 aromatic carbocycles. The third-order valence-electron chi connectivity index (χ3n) is 3.82. The quantitative estimate of drug-likeness (QED) is 0.763. The Hall–Kier alpha value is -1.02. The van der Waals surface area contributed by atoms with Crippen molar-refractivity contribution in [3.05, 3.63) is 29.8 Å². The van der Waals surface area contributed by atoms with Crippen LogP contribution in [0.5, 0.6) is 5.75 Å². The number of phenols is 1. The van der Waals surface area contributed by atoms with Crippen LogP contribution in [-0.4, -0.2) is 17.8 Å². The third kappa shape index (κ3) is 3.74. The van der Waals surface area contributed by atoms with Crippen LogP contribution in [0.4, 0.5) is 0 Å². The van der Waals surface area contributed by atoms with Gasteiger partial charge in [0.25, 0.3) is 0 Å². The Morgan fingerprint density at radius 3 is 2.67 bits per heavy atom. The van der Waals surface area contributed by atoms with E-state index in [9.17, 15) is 5.11 Å². The predicted octanol–water partition coefficient (Wildman–Crippen LogP) is 4.24. The fraction of sp³-hybridized carbons (Fsp3) is 0.625. The molecule has 1 saturated heterocycles. The summed E-state index contributed by atoms with van der Waals surface area (Å²) in [5, 5.41) is 9.29. The molecule has 1 aliphatic rings. The molecule has 0 saturated carbocycles. The van der Waals surface area contributed by atoms with Gasteiger partial charge >= 0.3 is 0 Å². The van der Waals surface area contributed by atoms with Gasteiger partial charge in [0.2, 0.25) is 0 Å². The molecule has 100 valence electrons. The summed E-state index contributed by atoms with van der Waals surface area (Å²) in [5.41, 5.74) is 1.30. The van der Waals surface area contributed by atoms with Gasteiger partial charge in [-0.15, -0.1) is 0 Å². The Balaban J connectivity index is 1.76. The maximum Gasteiger partial charge on any atom is 0.115 e. The Morgan fingerprint density at radius 1 is 1.17 bits per heavy atom. The maximum atomic E-state index is 9.29. The molecule has 2 nitrogen and oxygen atoms in total. The molecule has 0 radical (unpaired) electrons. The van der Waals surface area contributed by atoms with Crippen LogP contribution in [0.2, 0.25) is 0 Å². The maximum absolute atomic E-state index is 9.29. The Bertz CT molecular complexity index is 345. The van der Waals surface area contributed by atoms with Crippen molar-refractivity contribution in [2.75, 3.05) is 6.61 Å². The normalized spacial score (nSPS) is 23.4. The second-order valence-electron chi connectivity index (χ2n) is 5.33. The zero-order valence-corrected chi connectivity index (χ0v) is 11.3. The molecule has 2 rings (SSSR count). The van der Waals surface area contributed by atoms with E-state index in [1.165, 1.54) is 37.7 Å². The molecule has 1 fully saturated rings. The van der Waals surface area contributed by atoms with Crippen LogP contribution in [0, 0.1) is 0 Å². The first kappa shape index (κ1) is 13.4. The lowest BCUT2D eigenvalue weighted by molar-refractivity contribution is 0.100. The minimum absolute atomic E-state index is 0.341. The summed E-state index contributed by atoms with van der Waals surface area (Å²) in [7, 11) is 0. The van der Waals surface area contributed by atoms with E-state index in [-0.39, 0.29) is 0 Å². The van der Waals surface area contributed by atoms with Gasteiger partial charge in [0.1, 0.15) is 5.75 Å². The summed E-state index contributed by atoms with van der Waals surface area (Å²) in [6.07, 6.45) is 8.04. The van der Waals surface area contributed by atoms with Crippen molar-refractivity contribution >= 4 is 0 Å². The minimum Gasteiger partial charge on any atom is -0.508 e. The number of rotatable bonds is 6. The van der Waals surface area contributed by atoms with E-state index in [1.807, 2.05) is 12.1 Å². The molecule has 18 heavy (non-hydrogen) atoms. The van der Waals surface area contributed by atoms with Crippen LogP contribution >= 0.6 is 0 Å². The minimum atomic E-state index is 0.341. The standard InChI is InChI=1S/C16H24O2/c1-2-3-4-5-6-16-11-14(12-18-16)13-7-9-15(17)10-8-13/h7-10,14,16-17H,2-6,11-12H2,1H3/t14-,16-/m0/s1. The van der Waals surface area contributed by atoms with Crippen molar-refractivity contribution in [1.82, 2.24) is 0 Å². The van der Waals surface area contributed by atoms with E-state index in [1.54, 1.807) is 12.1 Å². The van der Waals surface area contributed by atoms with Gasteiger partial charge in [-0.1, -0.05) is 44.7 Å². The monoisotopic (exact) mass is 248 g/mol. The van der Waals surface area contributed by atoms with Gasteiger partial charge in [-0.25, -0.2) is 0 Å². The molecule has 1 aromatic rings. The lowest BCUT2D eigenvalue weighted by Crippen LogP contribution is -2.04. The topological polar surface area (TPSA) is 29.5 Å². The Kier molecular flexibility index (Phi) is 5.06. The third-order valence-corrected chi connectivity index (χ3v) is 3.82. The molecule has 0 amide bonds. The van der Waals surface area contributed by atoms with E-state index in [0.29, 0.717) is 17.8 Å². The summed E-state index contributed by atoms with van der Waals surface area (Å²) in [6, 6.07) is 7.57. The number of benzene rings is 1. The van der Waals surface area contributed by atoms with Crippen LogP contribution in [0.25, 0.3) is 0 Å². The summed E-state index contributed by atoms with van der Waals surface area (Å²) in [5.74, 6) is 0.857. The van der Waals surface area contributed by atoms with Crippen LogP contribution < -0.4 is 0 Å². The second-order valence-corrected chi connectivity index (χ2v) is 5.33. The van der Waals surface area contributed by atoms with E-state index < -0.39 is 0 Å². The van der Waals surface area contributed by atoms with E-state index in [2.05, 4.69) is 6.92 Å². The SMILES string of the molecule is CCCCCC[C@H]1C[C@H](c2ccc(O)cc2)CO1. The average molecular weight is 248 g/mol. The highest BCUT2D eigenvalue weighted by atomic mass is 16.5. The van der Waals surface area contributed by atoms with Crippen molar-refractivity contribution in [1.29, 1.82) is 0 Å². The van der Waals surface area contributed by atoms with Crippen LogP contribution in [-0.2, 0) is 4.74 Å². The number of unbranched alkanes of at least 4 members (excludes halogenated alkanes) is 3. The summed E-state index contributed by atoms with van der Waals surface area (Å²) in [6.45, 7) is 3.08. The summed E-state index contributed by atoms with van der Waals surface area (Å²) in [4.78, 5) is 0. The van der Waals surface area contributed by atoms with E-state index in [4.69, 9.17) is 4.74 Å². The molecule has 1 heterocycles. The van der Waals surface area contributed by atoms with Crippen molar-refractivity contribution < 1.29 is 9.84 Å². The molecule has 0 bridgehead atoms. The van der Waals surface area contributed by atoms with Gasteiger partial charge in [0.05, 0.1) is 12.7 Å². The summed E-state index contributed by atoms with van der Waals surface area (Å²) < 4.78 is 5.87. The molecule has 0 unspecified atom stereocenters. The molecule has 2 heteroatoms. The molecular formula is C16H24O2. The highest BCUT2D eigenvalue weighted by molar-refractivity contribution is 5.28. The number of phenolic OH excluding ortho intramolecular Hbond substituents is 1. The fourth-order valence-corrected chi connectivity index (χ4v) is 2.68. The molecule has 0 aromatic heterocycles. The second kappa shape index (κ2) is 6.79. The lowest BCUT2D eigenvalue weighted by atomic mass is 9.94. The van der Waals surface area contributed by atoms with Gasteiger partial charge in [0, 0.05) is 5.92 Å². The van der Waals surface area contributed by atoms with Gasteiger partial charge in [0.15, 0.2) is 0 Å². The Morgan fingerprint density at radius 2 is 1.94 bits per heavy atom. The van der Waals surface area contributed by atoms with Crippen LogP contribution in [0.15, 0.2) is 24.3 Å². The lowest BCUT2D eigenvalue weighted by Gasteiger charge is -2.09. The van der Waals surface area contributed by atoms with Gasteiger partial charge in [-0.2, -0.15) is 0 Å². The number of aromatic hydroxyl groups is 1. The van der Waals surface area contributed by atoms with E-state index >= 15 is 0 Å². The first-order chi connectivity index (χ1) is 8.79. The van der Waals surface area contributed by atoms with Crippen molar-refractivity contribution in [3.8, 4) is 5.75 Å². The molecule has 1 N–H and O–H groups in total. The van der Waals surface area contributed by atoms with E-state index in [0.717, 1.165) is 13.0 Å². The zero-order valence-electron chi connectivity index (χ0n) is 11.3. The predicted molar refractivity (Wildman–Crippen MR) is 74.0 cm³/mol. The molecule has 0 spiro atoms. The highest BCUT2D eigenvalue weighted by Crippen LogP contribution is 2.32. The smallest absolute Gasteiger partial charge is 0.115 e. The van der Waals surface area contributed by atoms with Gasteiger partial charge in [-0.3, -0.25) is 0 Å². The molecule has 1 aliphatic heterocycles. The highest BCUT2D eigenvalue weighted by Gasteiger charge is 2.26.